The van der Waals surface area contributed by atoms with Crippen LogP contribution in [0.2, 0.25) is 0 Å². The third kappa shape index (κ3) is 2.06. The van der Waals surface area contributed by atoms with Crippen LogP contribution in [0.15, 0.2) is 18.2 Å². The van der Waals surface area contributed by atoms with Gasteiger partial charge in [-0.3, -0.25) is 0 Å². The Labute approximate surface area is 102 Å². The second kappa shape index (κ2) is 4.37. The van der Waals surface area contributed by atoms with Crippen molar-refractivity contribution in [3.8, 4) is 0 Å². The molecule has 94 valence electrons. The van der Waals surface area contributed by atoms with Gasteiger partial charge in [0.2, 0.25) is 0 Å². The van der Waals surface area contributed by atoms with Gasteiger partial charge in [-0.05, 0) is 18.6 Å². The second-order valence-electron chi connectivity index (χ2n) is 4.08. The number of fused-ring (bicyclic) bond motifs is 1. The topological polar surface area (TPSA) is 20.1 Å². The first kappa shape index (κ1) is 12.5. The Bertz CT molecular complexity index is 617. The van der Waals surface area contributed by atoms with Crippen molar-refractivity contribution < 1.29 is 13.2 Å². The van der Waals surface area contributed by atoms with Gasteiger partial charge in [0.05, 0.1) is 12.1 Å². The second-order valence-corrected chi connectivity index (χ2v) is 4.08. The molecule has 1 aromatic carbocycles. The molecule has 0 aliphatic rings. The standard InChI is InChI=1S/C13H11F3N2/c1-3-4-8-7-9-10(18-8)5-6-11(17-2)12(9)13(14,15)16/h5-7,18H,3-4H2,1H3. The number of aromatic nitrogens is 1. The first-order chi connectivity index (χ1) is 8.47. The van der Waals surface area contributed by atoms with Crippen molar-refractivity contribution in [3.63, 3.8) is 0 Å². The largest absolute Gasteiger partial charge is 0.408 e. The Hall–Kier alpha value is -1.96. The summed E-state index contributed by atoms with van der Waals surface area (Å²) in [5.74, 6) is 0. The number of hydrogen-bond acceptors (Lipinski definition) is 0. The van der Waals surface area contributed by atoms with Crippen molar-refractivity contribution in [2.75, 3.05) is 0 Å². The third-order valence-corrected chi connectivity index (χ3v) is 2.76. The fourth-order valence-electron chi connectivity index (χ4n) is 2.05. The van der Waals surface area contributed by atoms with Crippen molar-refractivity contribution in [2.45, 2.75) is 25.9 Å². The number of rotatable bonds is 2. The van der Waals surface area contributed by atoms with Gasteiger partial charge in [0.15, 0.2) is 5.69 Å². The molecule has 0 atom stereocenters. The van der Waals surface area contributed by atoms with Gasteiger partial charge < -0.3 is 4.98 Å². The predicted octanol–water partition coefficient (Wildman–Crippen LogP) is 4.69. The van der Waals surface area contributed by atoms with Gasteiger partial charge in [-0.15, -0.1) is 0 Å². The third-order valence-electron chi connectivity index (χ3n) is 2.76. The smallest absolute Gasteiger partial charge is 0.358 e. The summed E-state index contributed by atoms with van der Waals surface area (Å²) in [5.41, 5.74) is 0.00366. The lowest BCUT2D eigenvalue weighted by atomic mass is 10.1. The predicted molar refractivity (Wildman–Crippen MR) is 63.6 cm³/mol. The molecule has 2 aromatic rings. The summed E-state index contributed by atoms with van der Waals surface area (Å²) in [5, 5.41) is 0.0828. The highest BCUT2D eigenvalue weighted by Gasteiger charge is 2.35. The molecule has 1 aromatic heterocycles. The normalized spacial score (nSPS) is 11.7. The minimum atomic E-state index is -4.51. The zero-order chi connectivity index (χ0) is 13.3. The van der Waals surface area contributed by atoms with E-state index < -0.39 is 11.7 Å². The van der Waals surface area contributed by atoms with Crippen LogP contribution in [0, 0.1) is 6.57 Å². The van der Waals surface area contributed by atoms with E-state index in [1.807, 2.05) is 6.92 Å². The van der Waals surface area contributed by atoms with Crippen LogP contribution in [0.4, 0.5) is 18.9 Å². The Kier molecular flexibility index (Phi) is 3.04. The first-order valence-corrected chi connectivity index (χ1v) is 5.56. The minimum absolute atomic E-state index is 0.0828. The highest BCUT2D eigenvalue weighted by molar-refractivity contribution is 5.89. The van der Waals surface area contributed by atoms with E-state index in [2.05, 4.69) is 9.83 Å². The maximum Gasteiger partial charge on any atom is 0.408 e. The molecule has 2 nitrogen and oxygen atoms in total. The van der Waals surface area contributed by atoms with Crippen molar-refractivity contribution in [1.29, 1.82) is 0 Å². The fraction of sp³-hybridized carbons (Fsp3) is 0.308. The zero-order valence-electron chi connectivity index (χ0n) is 9.73. The summed E-state index contributed by atoms with van der Waals surface area (Å²) in [6, 6.07) is 4.23. The lowest BCUT2D eigenvalue weighted by Crippen LogP contribution is -2.05. The molecule has 0 bridgehead atoms. The average molecular weight is 252 g/mol. The van der Waals surface area contributed by atoms with Crippen LogP contribution in [0.25, 0.3) is 15.7 Å². The zero-order valence-corrected chi connectivity index (χ0v) is 9.73. The first-order valence-electron chi connectivity index (χ1n) is 5.56. The number of aromatic amines is 1. The number of H-pyrrole nitrogens is 1. The van der Waals surface area contributed by atoms with Gasteiger partial charge in [-0.1, -0.05) is 19.4 Å². The van der Waals surface area contributed by atoms with E-state index in [1.165, 1.54) is 18.2 Å². The number of benzene rings is 1. The minimum Gasteiger partial charge on any atom is -0.358 e. The number of nitrogens with zero attached hydrogens (tertiary/aromatic N) is 1. The molecule has 0 aliphatic heterocycles. The maximum absolute atomic E-state index is 13.0. The molecule has 0 aliphatic carbocycles. The molecule has 0 saturated heterocycles. The monoisotopic (exact) mass is 252 g/mol. The average Bonchev–Trinajstić information content (AvgIpc) is 2.68. The molecule has 1 N–H and O–H groups in total. The maximum atomic E-state index is 13.0. The Balaban J connectivity index is 2.74. The number of alkyl halides is 3. The Morgan fingerprint density at radius 2 is 2.06 bits per heavy atom. The lowest BCUT2D eigenvalue weighted by Gasteiger charge is -2.09. The Morgan fingerprint density at radius 3 is 2.61 bits per heavy atom. The molecule has 1 heterocycles. The molecule has 2 rings (SSSR count). The van der Waals surface area contributed by atoms with Gasteiger partial charge in [0.1, 0.15) is 0 Å². The summed E-state index contributed by atoms with van der Waals surface area (Å²) < 4.78 is 39.0. The number of aryl methyl sites for hydroxylation is 1. The van der Waals surface area contributed by atoms with E-state index in [-0.39, 0.29) is 11.1 Å². The highest BCUT2D eigenvalue weighted by atomic mass is 19.4. The quantitative estimate of drug-likeness (QED) is 0.748. The van der Waals surface area contributed by atoms with Crippen LogP contribution in [0.3, 0.4) is 0 Å². The summed E-state index contributed by atoms with van der Waals surface area (Å²) >= 11 is 0. The van der Waals surface area contributed by atoms with Crippen LogP contribution < -0.4 is 0 Å². The summed E-state index contributed by atoms with van der Waals surface area (Å²) in [7, 11) is 0. The van der Waals surface area contributed by atoms with Crippen LogP contribution in [0.5, 0.6) is 0 Å². The molecule has 0 spiro atoms. The molecular weight excluding hydrogens is 241 g/mol. The van der Waals surface area contributed by atoms with Gasteiger partial charge in [-0.2, -0.15) is 13.2 Å². The van der Waals surface area contributed by atoms with Crippen molar-refractivity contribution in [1.82, 2.24) is 4.98 Å². The van der Waals surface area contributed by atoms with Crippen molar-refractivity contribution in [2.24, 2.45) is 0 Å². The SMILES string of the molecule is [C-]#[N+]c1ccc2[nH]c(CCC)cc2c1C(F)(F)F. The van der Waals surface area contributed by atoms with E-state index in [9.17, 15) is 13.2 Å². The fourth-order valence-corrected chi connectivity index (χ4v) is 2.05. The summed E-state index contributed by atoms with van der Waals surface area (Å²) in [6.07, 6.45) is -2.96. The van der Waals surface area contributed by atoms with Crippen LogP contribution in [0.1, 0.15) is 24.6 Å². The molecule has 18 heavy (non-hydrogen) atoms. The van der Waals surface area contributed by atoms with Crippen molar-refractivity contribution >= 4 is 16.6 Å². The number of hydrogen-bond donors (Lipinski definition) is 1. The molecule has 5 heteroatoms. The highest BCUT2D eigenvalue weighted by Crippen LogP contribution is 2.41. The van der Waals surface area contributed by atoms with Crippen LogP contribution >= 0.6 is 0 Å². The molecular formula is C13H11F3N2. The number of nitrogens with one attached hydrogen (secondary N) is 1. The van der Waals surface area contributed by atoms with Crippen LogP contribution in [-0.2, 0) is 12.6 Å². The van der Waals surface area contributed by atoms with Crippen LogP contribution in [-0.4, -0.2) is 4.98 Å². The summed E-state index contributed by atoms with van der Waals surface area (Å²) in [6.45, 7) is 8.80. The van der Waals surface area contributed by atoms with Gasteiger partial charge in [-0.25, -0.2) is 4.85 Å². The van der Waals surface area contributed by atoms with Gasteiger partial charge >= 0.3 is 6.18 Å². The van der Waals surface area contributed by atoms with Crippen molar-refractivity contribution in [3.05, 3.63) is 40.9 Å². The van der Waals surface area contributed by atoms with E-state index in [0.717, 1.165) is 12.1 Å². The van der Waals surface area contributed by atoms with E-state index in [1.54, 1.807) is 0 Å². The molecule has 0 unspecified atom stereocenters. The van der Waals surface area contributed by atoms with Gasteiger partial charge in [0, 0.05) is 16.6 Å². The molecule has 0 amide bonds. The number of halogens is 3. The Morgan fingerprint density at radius 1 is 1.33 bits per heavy atom. The van der Waals surface area contributed by atoms with E-state index >= 15 is 0 Å². The van der Waals surface area contributed by atoms with Gasteiger partial charge in [0.25, 0.3) is 0 Å². The summed E-state index contributed by atoms with van der Waals surface area (Å²) in [4.78, 5) is 5.92. The molecule has 0 fully saturated rings. The lowest BCUT2D eigenvalue weighted by molar-refractivity contribution is -0.135. The molecule has 0 radical (unpaired) electrons. The van der Waals surface area contributed by atoms with E-state index in [4.69, 9.17) is 6.57 Å². The van der Waals surface area contributed by atoms with E-state index in [0.29, 0.717) is 11.9 Å². The molecule has 0 saturated carbocycles.